The summed E-state index contributed by atoms with van der Waals surface area (Å²) >= 11 is 13.5. The van der Waals surface area contributed by atoms with Crippen molar-refractivity contribution in [2.45, 2.75) is 19.0 Å². The highest BCUT2D eigenvalue weighted by atomic mass is 35.5. The number of carbonyl (C=O) groups excluding carboxylic acids is 2. The number of imide groups is 1. The molecule has 0 fully saturated rings. The van der Waals surface area contributed by atoms with E-state index in [9.17, 15) is 9.59 Å². The molecule has 3 rings (SSSR count). The van der Waals surface area contributed by atoms with E-state index in [0.717, 1.165) is 16.8 Å². The van der Waals surface area contributed by atoms with Crippen LogP contribution in [0.3, 0.4) is 0 Å². The molecule has 1 aromatic heterocycles. The van der Waals surface area contributed by atoms with Gasteiger partial charge in [0.15, 0.2) is 11.0 Å². The summed E-state index contributed by atoms with van der Waals surface area (Å²) in [5, 5.41) is 15.0. The Hall–Kier alpha value is -2.55. The maximum absolute atomic E-state index is 12.1. The number of aryl methyl sites for hydroxylation is 1. The molecule has 0 aliphatic heterocycles. The summed E-state index contributed by atoms with van der Waals surface area (Å²) in [6.07, 6.45) is 0. The summed E-state index contributed by atoms with van der Waals surface area (Å²) in [6, 6.07) is 12.3. The fraction of sp³-hybridized carbons (Fsp3) is 0.200. The molecule has 0 aliphatic carbocycles. The molecule has 0 bridgehead atoms. The summed E-state index contributed by atoms with van der Waals surface area (Å²) in [6.45, 7) is 4.12. The number of hydrogen-bond donors (Lipinski definition) is 2. The topological polar surface area (TPSA) is 88.9 Å². The smallest absolute Gasteiger partial charge is 0.321 e. The van der Waals surface area contributed by atoms with E-state index in [1.54, 1.807) is 19.1 Å². The van der Waals surface area contributed by atoms with E-state index >= 15 is 0 Å². The molecule has 2 aromatic carbocycles. The van der Waals surface area contributed by atoms with E-state index in [-0.39, 0.29) is 5.75 Å². The molecule has 156 valence electrons. The molecule has 2 N–H and O–H groups in total. The largest absolute Gasteiger partial charge is 0.338 e. The molecule has 0 radical (unpaired) electrons. The first-order chi connectivity index (χ1) is 14.4. The van der Waals surface area contributed by atoms with E-state index < -0.39 is 11.9 Å². The van der Waals surface area contributed by atoms with Crippen molar-refractivity contribution in [1.82, 2.24) is 25.4 Å². The van der Waals surface area contributed by atoms with Gasteiger partial charge in [0.1, 0.15) is 0 Å². The van der Waals surface area contributed by atoms with Gasteiger partial charge in [-0.25, -0.2) is 4.79 Å². The Labute approximate surface area is 188 Å². The van der Waals surface area contributed by atoms with Crippen molar-refractivity contribution in [3.63, 3.8) is 0 Å². The van der Waals surface area contributed by atoms with E-state index in [0.29, 0.717) is 27.6 Å². The van der Waals surface area contributed by atoms with Gasteiger partial charge in [0.2, 0.25) is 5.91 Å². The fourth-order valence-corrected chi connectivity index (χ4v) is 3.65. The molecule has 0 aliphatic rings. The number of rotatable bonds is 6. The fourth-order valence-electron chi connectivity index (χ4n) is 2.60. The van der Waals surface area contributed by atoms with Gasteiger partial charge in [-0.2, -0.15) is 0 Å². The average molecular weight is 464 g/mol. The molecule has 0 saturated carbocycles. The van der Waals surface area contributed by atoms with Crippen molar-refractivity contribution in [2.75, 3.05) is 12.3 Å². The molecular weight excluding hydrogens is 445 g/mol. The predicted octanol–water partition coefficient (Wildman–Crippen LogP) is 4.49. The lowest BCUT2D eigenvalue weighted by Crippen LogP contribution is -2.40. The van der Waals surface area contributed by atoms with Gasteiger partial charge in [-0.1, -0.05) is 41.0 Å². The number of nitrogens with one attached hydrogen (secondary N) is 2. The van der Waals surface area contributed by atoms with Crippen LogP contribution >= 0.6 is 35.0 Å². The molecule has 0 spiro atoms. The number of thioether (sulfide) groups is 1. The standard InChI is InChI=1S/C20H19Cl2N5O2S/c1-3-23-19(29)24-17(28)11-30-20-26-25-18(13-5-7-14(21)8-6-13)27(20)15-9-4-12(2)16(22)10-15/h4-10H,3,11H2,1-2H3,(H2,23,24,28,29). The van der Waals surface area contributed by atoms with Crippen LogP contribution in [0.5, 0.6) is 0 Å². The third kappa shape index (κ3) is 5.33. The molecule has 30 heavy (non-hydrogen) atoms. The second-order valence-electron chi connectivity index (χ2n) is 6.28. The summed E-state index contributed by atoms with van der Waals surface area (Å²) in [5.74, 6) is 0.142. The second kappa shape index (κ2) is 9.97. The summed E-state index contributed by atoms with van der Waals surface area (Å²) in [4.78, 5) is 23.6. The normalized spacial score (nSPS) is 10.7. The van der Waals surface area contributed by atoms with E-state index in [1.165, 1.54) is 11.8 Å². The van der Waals surface area contributed by atoms with Crippen LogP contribution in [0.1, 0.15) is 12.5 Å². The molecule has 3 aromatic rings. The monoisotopic (exact) mass is 463 g/mol. The highest BCUT2D eigenvalue weighted by Crippen LogP contribution is 2.30. The molecule has 3 amide bonds. The van der Waals surface area contributed by atoms with Crippen molar-refractivity contribution in [1.29, 1.82) is 0 Å². The summed E-state index contributed by atoms with van der Waals surface area (Å²) in [5.41, 5.74) is 2.51. The lowest BCUT2D eigenvalue weighted by Gasteiger charge is -2.12. The van der Waals surface area contributed by atoms with Crippen LogP contribution in [0.25, 0.3) is 17.1 Å². The number of aromatic nitrogens is 3. The maximum atomic E-state index is 12.1. The van der Waals surface area contributed by atoms with Crippen molar-refractivity contribution >= 4 is 46.9 Å². The van der Waals surface area contributed by atoms with Gasteiger partial charge in [0.25, 0.3) is 0 Å². The van der Waals surface area contributed by atoms with Gasteiger partial charge in [-0.15, -0.1) is 10.2 Å². The quantitative estimate of drug-likeness (QED) is 0.525. The Morgan fingerprint density at radius 3 is 2.50 bits per heavy atom. The third-order valence-corrected chi connectivity index (χ3v) is 5.66. The van der Waals surface area contributed by atoms with Gasteiger partial charge in [0.05, 0.1) is 11.4 Å². The van der Waals surface area contributed by atoms with Crippen LogP contribution < -0.4 is 10.6 Å². The van der Waals surface area contributed by atoms with Crippen LogP contribution in [0.4, 0.5) is 4.79 Å². The van der Waals surface area contributed by atoms with Crippen LogP contribution in [0.15, 0.2) is 47.6 Å². The number of urea groups is 1. The van der Waals surface area contributed by atoms with Crippen LogP contribution in [0.2, 0.25) is 10.0 Å². The second-order valence-corrected chi connectivity index (χ2v) is 8.06. The SMILES string of the molecule is CCNC(=O)NC(=O)CSc1nnc(-c2ccc(Cl)cc2)n1-c1ccc(C)c(Cl)c1. The average Bonchev–Trinajstić information content (AvgIpc) is 3.13. The molecule has 0 saturated heterocycles. The number of nitrogens with zero attached hydrogens (tertiary/aromatic N) is 3. The Balaban J connectivity index is 1.93. The Kier molecular flexibility index (Phi) is 7.36. The number of benzene rings is 2. The van der Waals surface area contributed by atoms with Crippen molar-refractivity contribution in [3.8, 4) is 17.1 Å². The lowest BCUT2D eigenvalue weighted by atomic mass is 10.2. The molecule has 10 heteroatoms. The van der Waals surface area contributed by atoms with Gasteiger partial charge in [-0.05, 0) is 55.8 Å². The first-order valence-electron chi connectivity index (χ1n) is 9.07. The van der Waals surface area contributed by atoms with E-state index in [1.807, 2.05) is 41.8 Å². The zero-order chi connectivity index (χ0) is 21.7. The maximum Gasteiger partial charge on any atom is 0.321 e. The van der Waals surface area contributed by atoms with E-state index in [4.69, 9.17) is 23.2 Å². The van der Waals surface area contributed by atoms with Crippen LogP contribution in [-0.2, 0) is 4.79 Å². The van der Waals surface area contributed by atoms with Gasteiger partial charge in [0, 0.05) is 22.2 Å². The van der Waals surface area contributed by atoms with Gasteiger partial charge in [-0.3, -0.25) is 14.7 Å². The highest BCUT2D eigenvalue weighted by Gasteiger charge is 2.18. The summed E-state index contributed by atoms with van der Waals surface area (Å²) in [7, 11) is 0. The summed E-state index contributed by atoms with van der Waals surface area (Å²) < 4.78 is 1.82. The number of hydrogen-bond acceptors (Lipinski definition) is 5. The zero-order valence-electron chi connectivity index (χ0n) is 16.3. The molecule has 0 atom stereocenters. The Bertz CT molecular complexity index is 1070. The van der Waals surface area contributed by atoms with E-state index in [2.05, 4.69) is 20.8 Å². The van der Waals surface area contributed by atoms with Crippen LogP contribution in [0, 0.1) is 6.92 Å². The molecule has 7 nitrogen and oxygen atoms in total. The number of carbonyl (C=O) groups is 2. The molecule has 0 unspecified atom stereocenters. The third-order valence-electron chi connectivity index (χ3n) is 4.07. The van der Waals surface area contributed by atoms with Gasteiger partial charge < -0.3 is 5.32 Å². The zero-order valence-corrected chi connectivity index (χ0v) is 18.6. The minimum atomic E-state index is -0.531. The molecule has 1 heterocycles. The van der Waals surface area contributed by atoms with Crippen molar-refractivity contribution in [2.24, 2.45) is 0 Å². The highest BCUT2D eigenvalue weighted by molar-refractivity contribution is 7.99. The molecular formula is C20H19Cl2N5O2S. The van der Waals surface area contributed by atoms with Crippen molar-refractivity contribution < 1.29 is 9.59 Å². The predicted molar refractivity (Wildman–Crippen MR) is 119 cm³/mol. The van der Waals surface area contributed by atoms with Gasteiger partial charge >= 0.3 is 6.03 Å². The lowest BCUT2D eigenvalue weighted by molar-refractivity contribution is -0.117. The minimum Gasteiger partial charge on any atom is -0.338 e. The minimum absolute atomic E-state index is 0.00449. The number of amides is 3. The number of halogens is 2. The Morgan fingerprint density at radius 1 is 1.10 bits per heavy atom. The first kappa shape index (κ1) is 22.1. The first-order valence-corrected chi connectivity index (χ1v) is 10.8. The Morgan fingerprint density at radius 2 is 1.83 bits per heavy atom. The van der Waals surface area contributed by atoms with Crippen molar-refractivity contribution in [3.05, 3.63) is 58.1 Å². The van der Waals surface area contributed by atoms with Crippen LogP contribution in [-0.4, -0.2) is 39.0 Å².